The van der Waals surface area contributed by atoms with E-state index in [2.05, 4.69) is 18.7 Å². The first-order chi connectivity index (χ1) is 6.59. The topological polar surface area (TPSA) is 38.5 Å². The van der Waals surface area contributed by atoms with Crippen LogP contribution in [0.15, 0.2) is 0 Å². The second-order valence-electron chi connectivity index (χ2n) is 4.74. The number of nitrogens with zero attached hydrogens (tertiary/aromatic N) is 1. The van der Waals surface area contributed by atoms with Gasteiger partial charge in [0.2, 0.25) is 0 Å². The number of piperidine rings is 1. The van der Waals surface area contributed by atoms with Gasteiger partial charge in [-0.1, -0.05) is 0 Å². The van der Waals surface area contributed by atoms with Crippen molar-refractivity contribution in [1.82, 2.24) is 4.90 Å². The molecule has 0 aromatic heterocycles. The highest BCUT2D eigenvalue weighted by Gasteiger charge is 2.35. The summed E-state index contributed by atoms with van der Waals surface area (Å²) in [6.45, 7) is 7.65. The summed E-state index contributed by atoms with van der Waals surface area (Å²) < 4.78 is 5.07. The van der Waals surface area contributed by atoms with Crippen LogP contribution in [0.1, 0.15) is 33.1 Å². The lowest BCUT2D eigenvalue weighted by atomic mass is 9.85. The molecular weight excluding hydrogens is 176 g/mol. The zero-order valence-electron chi connectivity index (χ0n) is 9.75. The average Bonchev–Trinajstić information content (AvgIpc) is 2.13. The maximum Gasteiger partial charge on any atom is 0.0474 e. The van der Waals surface area contributed by atoms with Gasteiger partial charge < -0.3 is 10.5 Å². The molecule has 1 unspecified atom stereocenters. The van der Waals surface area contributed by atoms with Crippen molar-refractivity contribution in [3.63, 3.8) is 0 Å². The minimum atomic E-state index is 0.159. The smallest absolute Gasteiger partial charge is 0.0474 e. The SMILES string of the molecule is COCCCN1CCCC(N)C1(C)C. The molecule has 0 saturated carbocycles. The average molecular weight is 200 g/mol. The molecule has 0 aromatic rings. The van der Waals surface area contributed by atoms with Gasteiger partial charge in [0.05, 0.1) is 0 Å². The largest absolute Gasteiger partial charge is 0.385 e. The Morgan fingerprint density at radius 3 is 2.86 bits per heavy atom. The quantitative estimate of drug-likeness (QED) is 0.694. The molecule has 0 bridgehead atoms. The molecule has 14 heavy (non-hydrogen) atoms. The zero-order valence-corrected chi connectivity index (χ0v) is 9.75. The van der Waals surface area contributed by atoms with Crippen molar-refractivity contribution >= 4 is 0 Å². The minimum Gasteiger partial charge on any atom is -0.385 e. The van der Waals surface area contributed by atoms with Crippen LogP contribution in [-0.2, 0) is 4.74 Å². The summed E-state index contributed by atoms with van der Waals surface area (Å²) in [5, 5.41) is 0. The van der Waals surface area contributed by atoms with E-state index in [1.54, 1.807) is 7.11 Å². The first-order valence-electron chi connectivity index (χ1n) is 5.58. The standard InChI is InChI=1S/C11H24N2O/c1-11(2)10(12)6-4-7-13(11)8-5-9-14-3/h10H,4-9,12H2,1-3H3. The highest BCUT2D eigenvalue weighted by molar-refractivity contribution is 4.95. The lowest BCUT2D eigenvalue weighted by Crippen LogP contribution is -2.59. The maximum absolute atomic E-state index is 6.13. The van der Waals surface area contributed by atoms with E-state index in [0.717, 1.165) is 26.0 Å². The van der Waals surface area contributed by atoms with Crippen LogP contribution in [0.4, 0.5) is 0 Å². The number of hydrogen-bond donors (Lipinski definition) is 1. The fourth-order valence-electron chi connectivity index (χ4n) is 2.18. The number of nitrogens with two attached hydrogens (primary N) is 1. The molecule has 1 aliphatic rings. The summed E-state index contributed by atoms with van der Waals surface area (Å²) in [5.41, 5.74) is 6.29. The van der Waals surface area contributed by atoms with Crippen molar-refractivity contribution in [1.29, 1.82) is 0 Å². The summed E-state index contributed by atoms with van der Waals surface area (Å²) in [4.78, 5) is 2.50. The van der Waals surface area contributed by atoms with Gasteiger partial charge in [-0.25, -0.2) is 0 Å². The number of likely N-dealkylation sites (tertiary alicyclic amines) is 1. The van der Waals surface area contributed by atoms with Crippen LogP contribution >= 0.6 is 0 Å². The molecule has 1 aliphatic heterocycles. The Labute approximate surface area is 87.6 Å². The highest BCUT2D eigenvalue weighted by Crippen LogP contribution is 2.26. The normalized spacial score (nSPS) is 27.9. The van der Waals surface area contributed by atoms with Gasteiger partial charge in [0.15, 0.2) is 0 Å². The minimum absolute atomic E-state index is 0.159. The van der Waals surface area contributed by atoms with E-state index in [-0.39, 0.29) is 5.54 Å². The van der Waals surface area contributed by atoms with Gasteiger partial charge in [0, 0.05) is 31.8 Å². The second kappa shape index (κ2) is 5.10. The zero-order chi connectivity index (χ0) is 10.6. The molecule has 1 fully saturated rings. The number of ether oxygens (including phenoxy) is 1. The van der Waals surface area contributed by atoms with E-state index in [4.69, 9.17) is 10.5 Å². The molecule has 1 saturated heterocycles. The van der Waals surface area contributed by atoms with Gasteiger partial charge in [-0.15, -0.1) is 0 Å². The van der Waals surface area contributed by atoms with Crippen LogP contribution in [0.3, 0.4) is 0 Å². The molecule has 0 aliphatic carbocycles. The number of hydrogen-bond acceptors (Lipinski definition) is 3. The molecule has 3 nitrogen and oxygen atoms in total. The summed E-state index contributed by atoms with van der Waals surface area (Å²) >= 11 is 0. The molecular formula is C11H24N2O. The fourth-order valence-corrected chi connectivity index (χ4v) is 2.18. The molecule has 2 N–H and O–H groups in total. The predicted molar refractivity (Wildman–Crippen MR) is 59.4 cm³/mol. The molecule has 3 heteroatoms. The van der Waals surface area contributed by atoms with Crippen LogP contribution in [0.25, 0.3) is 0 Å². The van der Waals surface area contributed by atoms with Gasteiger partial charge in [-0.05, 0) is 39.7 Å². The molecule has 0 aromatic carbocycles. The Morgan fingerprint density at radius 2 is 2.21 bits per heavy atom. The first-order valence-corrected chi connectivity index (χ1v) is 5.58. The van der Waals surface area contributed by atoms with Crippen LogP contribution in [0.2, 0.25) is 0 Å². The Hall–Kier alpha value is -0.120. The summed E-state index contributed by atoms with van der Waals surface area (Å²) in [7, 11) is 1.76. The van der Waals surface area contributed by atoms with E-state index in [9.17, 15) is 0 Å². The third kappa shape index (κ3) is 2.69. The van der Waals surface area contributed by atoms with E-state index >= 15 is 0 Å². The third-order valence-electron chi connectivity index (χ3n) is 3.44. The Morgan fingerprint density at radius 1 is 1.50 bits per heavy atom. The van der Waals surface area contributed by atoms with Gasteiger partial charge in [-0.3, -0.25) is 4.90 Å². The Kier molecular flexibility index (Phi) is 4.35. The molecule has 0 amide bonds. The van der Waals surface area contributed by atoms with Crippen molar-refractivity contribution in [3.8, 4) is 0 Å². The van der Waals surface area contributed by atoms with Crippen LogP contribution in [0, 0.1) is 0 Å². The fraction of sp³-hybridized carbons (Fsp3) is 1.00. The monoisotopic (exact) mass is 200 g/mol. The second-order valence-corrected chi connectivity index (χ2v) is 4.74. The predicted octanol–water partition coefficient (Wildman–Crippen LogP) is 1.22. The molecule has 84 valence electrons. The van der Waals surface area contributed by atoms with Crippen molar-refractivity contribution in [2.75, 3.05) is 26.8 Å². The van der Waals surface area contributed by atoms with Crippen LogP contribution in [0.5, 0.6) is 0 Å². The summed E-state index contributed by atoms with van der Waals surface area (Å²) in [6, 6.07) is 0.318. The van der Waals surface area contributed by atoms with Gasteiger partial charge in [0.1, 0.15) is 0 Å². The first kappa shape index (κ1) is 12.0. The Bertz CT molecular complexity index is 171. The number of methoxy groups -OCH3 is 1. The summed E-state index contributed by atoms with van der Waals surface area (Å²) in [5.74, 6) is 0. The van der Waals surface area contributed by atoms with Crippen molar-refractivity contribution in [2.45, 2.75) is 44.7 Å². The molecule has 0 radical (unpaired) electrons. The summed E-state index contributed by atoms with van der Waals surface area (Å²) in [6.07, 6.45) is 3.50. The van der Waals surface area contributed by atoms with Gasteiger partial charge in [-0.2, -0.15) is 0 Å². The van der Waals surface area contributed by atoms with Gasteiger partial charge >= 0.3 is 0 Å². The molecule has 1 atom stereocenters. The molecule has 0 spiro atoms. The maximum atomic E-state index is 6.13. The van der Waals surface area contributed by atoms with Crippen molar-refractivity contribution < 1.29 is 4.74 Å². The van der Waals surface area contributed by atoms with Gasteiger partial charge in [0.25, 0.3) is 0 Å². The van der Waals surface area contributed by atoms with E-state index in [0.29, 0.717) is 6.04 Å². The molecule has 1 rings (SSSR count). The molecule has 1 heterocycles. The van der Waals surface area contributed by atoms with Crippen LogP contribution < -0.4 is 5.73 Å². The van der Waals surface area contributed by atoms with E-state index < -0.39 is 0 Å². The van der Waals surface area contributed by atoms with Crippen LogP contribution in [-0.4, -0.2) is 43.3 Å². The van der Waals surface area contributed by atoms with E-state index in [1.165, 1.54) is 13.0 Å². The highest BCUT2D eigenvalue weighted by atomic mass is 16.5. The lowest BCUT2D eigenvalue weighted by molar-refractivity contribution is 0.0487. The van der Waals surface area contributed by atoms with Crippen molar-refractivity contribution in [2.24, 2.45) is 5.73 Å². The lowest BCUT2D eigenvalue weighted by Gasteiger charge is -2.46. The number of rotatable bonds is 4. The van der Waals surface area contributed by atoms with E-state index in [1.807, 2.05) is 0 Å². The van der Waals surface area contributed by atoms with Crippen molar-refractivity contribution in [3.05, 3.63) is 0 Å². The Balaban J connectivity index is 2.41. The third-order valence-corrected chi connectivity index (χ3v) is 3.44.